The van der Waals surface area contributed by atoms with Crippen LogP contribution in [0, 0.1) is 0 Å². The maximum atomic E-state index is 0. The van der Waals surface area contributed by atoms with E-state index in [1.807, 2.05) is 0 Å². The third kappa shape index (κ3) is 8.82. The average Bonchev–Trinajstić information content (AvgIpc) is 0. The van der Waals surface area contributed by atoms with E-state index in [-0.39, 0.29) is 81.5 Å². The van der Waals surface area contributed by atoms with Crippen molar-refractivity contribution in [2.45, 2.75) is 0 Å². The molecule has 0 unspecified atom stereocenters. The molecule has 0 aromatic rings. The van der Waals surface area contributed by atoms with Crippen LogP contribution in [0.4, 0.5) is 0 Å². The Morgan fingerprint density at radius 3 is 1.00 bits per heavy atom. The number of hydrogen-bond donors (Lipinski definition) is 0. The molecule has 0 saturated carbocycles. The van der Waals surface area contributed by atoms with Crippen molar-refractivity contribution >= 4 is 17.6 Å². The van der Waals surface area contributed by atoms with Gasteiger partial charge in [0.2, 0.25) is 0 Å². The normalized spacial score (nSPS) is 0. The van der Waals surface area contributed by atoms with Crippen molar-refractivity contribution in [3.63, 3.8) is 0 Å². The second-order valence-corrected chi connectivity index (χ2v) is 0. The van der Waals surface area contributed by atoms with Gasteiger partial charge in [0.25, 0.3) is 0 Å². The third-order valence-electron chi connectivity index (χ3n) is 0. The molecule has 0 aliphatic carbocycles. The first-order valence-corrected chi connectivity index (χ1v) is 0. The van der Waals surface area contributed by atoms with Crippen LogP contribution in [0.1, 0.15) is 0 Å². The summed E-state index contributed by atoms with van der Waals surface area (Å²) in [7, 11) is 0. The second kappa shape index (κ2) is 17.4. The molecule has 0 bridgehead atoms. The van der Waals surface area contributed by atoms with Gasteiger partial charge in [-0.1, -0.05) is 0 Å². The number of rotatable bonds is 0. The Morgan fingerprint density at radius 1 is 1.00 bits per heavy atom. The molecule has 4 heteroatoms. The molecule has 31 valence electrons. The van der Waals surface area contributed by atoms with Crippen LogP contribution in [0.5, 0.6) is 0 Å². The standard InChI is InChI=1S/Au.Ge.Pd.W. The fraction of sp³-hybridized carbons (Fsp3) is 0. The molecule has 0 rings (SSSR count). The molecule has 0 spiro atoms. The van der Waals surface area contributed by atoms with E-state index in [1.54, 1.807) is 0 Å². The van der Waals surface area contributed by atoms with Gasteiger partial charge < -0.3 is 0 Å². The average molecular weight is 560 g/mol. The van der Waals surface area contributed by atoms with Crippen LogP contribution < -0.4 is 0 Å². The van der Waals surface area contributed by atoms with Crippen LogP contribution >= 0.6 is 0 Å². The first-order valence-electron chi connectivity index (χ1n) is 0. The Kier molecular flexibility index (Phi) is 132. The van der Waals surface area contributed by atoms with Crippen molar-refractivity contribution in [1.29, 1.82) is 0 Å². The van der Waals surface area contributed by atoms with Crippen molar-refractivity contribution < 1.29 is 63.9 Å². The van der Waals surface area contributed by atoms with Crippen LogP contribution in [-0.2, 0) is 63.9 Å². The first kappa shape index (κ1) is 30.4. The first-order chi connectivity index (χ1) is 0. The van der Waals surface area contributed by atoms with Gasteiger partial charge in [-0.25, -0.2) is 0 Å². The monoisotopic (exact) mass is 561 g/mol. The van der Waals surface area contributed by atoms with E-state index >= 15 is 0 Å². The van der Waals surface area contributed by atoms with Crippen molar-refractivity contribution in [1.82, 2.24) is 0 Å². The molecule has 0 N–H and O–H groups in total. The van der Waals surface area contributed by atoms with Crippen LogP contribution in [0.15, 0.2) is 0 Å². The van der Waals surface area contributed by atoms with Crippen molar-refractivity contribution in [2.75, 3.05) is 0 Å². The molecule has 0 nitrogen and oxygen atoms in total. The molecule has 0 aliphatic heterocycles. The summed E-state index contributed by atoms with van der Waals surface area (Å²) >= 11 is 0. The summed E-state index contributed by atoms with van der Waals surface area (Å²) in [4.78, 5) is 0. The van der Waals surface area contributed by atoms with E-state index < -0.39 is 0 Å². The molecular weight excluding hydrogens is 560 g/mol. The summed E-state index contributed by atoms with van der Waals surface area (Å²) in [6, 6.07) is 0. The Bertz CT molecular complexity index is 8.00. The predicted molar refractivity (Wildman–Crippen MR) is 5.75 cm³/mol. The van der Waals surface area contributed by atoms with Crippen LogP contribution in [0.2, 0.25) is 0 Å². The molecule has 0 heterocycles. The van der Waals surface area contributed by atoms with Gasteiger partial charge in [0.05, 0.1) is 0 Å². The summed E-state index contributed by atoms with van der Waals surface area (Å²) in [6.45, 7) is 0. The molecule has 5 radical (unpaired) electrons. The fourth-order valence-electron chi connectivity index (χ4n) is 0. The van der Waals surface area contributed by atoms with E-state index in [0.717, 1.165) is 0 Å². The van der Waals surface area contributed by atoms with Crippen molar-refractivity contribution in [3.8, 4) is 0 Å². The summed E-state index contributed by atoms with van der Waals surface area (Å²) in [5.41, 5.74) is 0. The Balaban J connectivity index is 0. The molecule has 0 aromatic heterocycles. The second-order valence-electron chi connectivity index (χ2n) is 0. The molecule has 0 amide bonds. The minimum atomic E-state index is 0. The zero-order valence-electron chi connectivity index (χ0n) is 1.53. The Labute approximate surface area is 80.3 Å². The minimum absolute atomic E-state index is 0. The maximum absolute atomic E-state index is 0. The Morgan fingerprint density at radius 2 is 1.00 bits per heavy atom. The van der Waals surface area contributed by atoms with Crippen LogP contribution in [0.25, 0.3) is 0 Å². The van der Waals surface area contributed by atoms with E-state index in [4.69, 9.17) is 0 Å². The molecule has 0 saturated heterocycles. The maximum Gasteiger partial charge on any atom is 0 e. The van der Waals surface area contributed by atoms with Gasteiger partial charge in [0.1, 0.15) is 0 Å². The SMILES string of the molecule is [Au].[Ge].[Pd].[W]. The van der Waals surface area contributed by atoms with Gasteiger partial charge >= 0.3 is 0 Å². The molecule has 0 aliphatic rings. The van der Waals surface area contributed by atoms with Gasteiger partial charge in [-0.2, -0.15) is 0 Å². The summed E-state index contributed by atoms with van der Waals surface area (Å²) < 4.78 is 0. The van der Waals surface area contributed by atoms with Gasteiger partial charge in [0, 0.05) is 81.5 Å². The molecule has 0 aromatic carbocycles. The van der Waals surface area contributed by atoms with Gasteiger partial charge in [-0.15, -0.1) is 0 Å². The van der Waals surface area contributed by atoms with Crippen molar-refractivity contribution in [3.05, 3.63) is 0 Å². The largest absolute Gasteiger partial charge is 0 e. The quantitative estimate of drug-likeness (QED) is 0.355. The smallest absolute Gasteiger partial charge is 0 e. The molecule has 0 atom stereocenters. The topological polar surface area (TPSA) is 0 Å². The molecule has 4 heavy (non-hydrogen) atoms. The fourth-order valence-corrected chi connectivity index (χ4v) is 0. The van der Waals surface area contributed by atoms with Crippen LogP contribution in [0.3, 0.4) is 0 Å². The zero-order chi connectivity index (χ0) is 0. The van der Waals surface area contributed by atoms with E-state index in [2.05, 4.69) is 0 Å². The van der Waals surface area contributed by atoms with E-state index in [1.165, 1.54) is 0 Å². The number of hydrogen-bond acceptors (Lipinski definition) is 0. The van der Waals surface area contributed by atoms with E-state index in [0.29, 0.717) is 0 Å². The van der Waals surface area contributed by atoms with Gasteiger partial charge in [0.15, 0.2) is 0 Å². The Hall–Kier alpha value is 2.63. The summed E-state index contributed by atoms with van der Waals surface area (Å²) in [5, 5.41) is 0. The van der Waals surface area contributed by atoms with Gasteiger partial charge in [-0.05, 0) is 0 Å². The predicted octanol–water partition coefficient (Wildman–Crippen LogP) is -0.388. The summed E-state index contributed by atoms with van der Waals surface area (Å²) in [5.74, 6) is 0. The zero-order valence-corrected chi connectivity index (χ0v) is 10.3. The van der Waals surface area contributed by atoms with Crippen LogP contribution in [-0.4, -0.2) is 17.6 Å². The third-order valence-corrected chi connectivity index (χ3v) is 0. The van der Waals surface area contributed by atoms with Crippen molar-refractivity contribution in [2.24, 2.45) is 0 Å². The molecular formula is AuGePdW. The van der Waals surface area contributed by atoms with E-state index in [9.17, 15) is 0 Å². The minimum Gasteiger partial charge on any atom is 0 e. The summed E-state index contributed by atoms with van der Waals surface area (Å²) in [6.07, 6.45) is 0. The van der Waals surface area contributed by atoms with Gasteiger partial charge in [-0.3, -0.25) is 0 Å². The molecule has 0 fully saturated rings.